The van der Waals surface area contributed by atoms with E-state index in [1.54, 1.807) is 0 Å². The quantitative estimate of drug-likeness (QED) is 0.922. The molecule has 5 heteroatoms. The van der Waals surface area contributed by atoms with Gasteiger partial charge in [0.1, 0.15) is 0 Å². The summed E-state index contributed by atoms with van der Waals surface area (Å²) in [4.78, 5) is 17.7. The lowest BCUT2D eigenvalue weighted by molar-refractivity contribution is 0.0649. The van der Waals surface area contributed by atoms with Gasteiger partial charge in [0, 0.05) is 12.6 Å². The van der Waals surface area contributed by atoms with Crippen molar-refractivity contribution in [2.24, 2.45) is 0 Å². The van der Waals surface area contributed by atoms with Gasteiger partial charge in [0.15, 0.2) is 0 Å². The first-order chi connectivity index (χ1) is 9.59. The number of para-hydroxylation sites is 1. The molecule has 1 unspecified atom stereocenters. The van der Waals surface area contributed by atoms with E-state index in [-0.39, 0.29) is 11.9 Å². The fourth-order valence-electron chi connectivity index (χ4n) is 3.23. The van der Waals surface area contributed by atoms with Crippen molar-refractivity contribution in [3.05, 3.63) is 33.7 Å². The van der Waals surface area contributed by atoms with E-state index >= 15 is 0 Å². The minimum Gasteiger partial charge on any atom is -0.304 e. The van der Waals surface area contributed by atoms with Gasteiger partial charge in [0.05, 0.1) is 22.2 Å². The highest BCUT2D eigenvalue weighted by Gasteiger charge is 2.28. The van der Waals surface area contributed by atoms with E-state index in [2.05, 4.69) is 23.7 Å². The van der Waals surface area contributed by atoms with Crippen LogP contribution in [-0.4, -0.2) is 27.0 Å². The standard InChI is InChI=1S/C15H20ClN3O/c1-10(2)18-9-4-3-8-13(18)19-12-7-5-6-11(16)14(12)17-15(19)20/h5-7,10,13H,3-4,8-9H2,1-2H3,(H,17,20). The molecule has 0 radical (unpaired) electrons. The Labute approximate surface area is 123 Å². The van der Waals surface area contributed by atoms with Gasteiger partial charge >= 0.3 is 5.69 Å². The van der Waals surface area contributed by atoms with Gasteiger partial charge in [-0.05, 0) is 45.2 Å². The molecule has 1 N–H and O–H groups in total. The summed E-state index contributed by atoms with van der Waals surface area (Å²) in [5.74, 6) is 0. The third-order valence-corrected chi connectivity index (χ3v) is 4.49. The molecule has 0 spiro atoms. The number of nitrogens with zero attached hydrogens (tertiary/aromatic N) is 2. The molecule has 1 atom stereocenters. The lowest BCUT2D eigenvalue weighted by Crippen LogP contribution is -2.43. The van der Waals surface area contributed by atoms with Crippen LogP contribution in [0, 0.1) is 0 Å². The monoisotopic (exact) mass is 293 g/mol. The number of nitrogens with one attached hydrogen (secondary N) is 1. The minimum atomic E-state index is -0.0642. The minimum absolute atomic E-state index is 0.0642. The zero-order valence-electron chi connectivity index (χ0n) is 11.9. The topological polar surface area (TPSA) is 41.0 Å². The van der Waals surface area contributed by atoms with Crippen LogP contribution < -0.4 is 5.69 Å². The Morgan fingerprint density at radius 3 is 2.90 bits per heavy atom. The summed E-state index contributed by atoms with van der Waals surface area (Å²) >= 11 is 6.18. The van der Waals surface area contributed by atoms with Gasteiger partial charge in [-0.3, -0.25) is 9.47 Å². The van der Waals surface area contributed by atoms with E-state index in [9.17, 15) is 4.79 Å². The molecule has 2 aromatic rings. The number of imidazole rings is 1. The smallest absolute Gasteiger partial charge is 0.304 e. The third kappa shape index (κ3) is 2.17. The van der Waals surface area contributed by atoms with Gasteiger partial charge in [0.25, 0.3) is 0 Å². The summed E-state index contributed by atoms with van der Waals surface area (Å²) in [5, 5.41) is 0.602. The lowest BCUT2D eigenvalue weighted by Gasteiger charge is -2.39. The molecule has 108 valence electrons. The predicted octanol–water partition coefficient (Wildman–Crippen LogP) is 3.38. The maximum atomic E-state index is 12.4. The highest BCUT2D eigenvalue weighted by molar-refractivity contribution is 6.34. The van der Waals surface area contributed by atoms with Crippen molar-refractivity contribution in [2.75, 3.05) is 6.54 Å². The number of H-pyrrole nitrogens is 1. The molecule has 1 aliphatic rings. The molecule has 1 aromatic carbocycles. The van der Waals surface area contributed by atoms with E-state index in [0.717, 1.165) is 30.4 Å². The third-order valence-electron chi connectivity index (χ3n) is 4.17. The fourth-order valence-corrected chi connectivity index (χ4v) is 3.44. The second-order valence-corrected chi connectivity index (χ2v) is 6.15. The van der Waals surface area contributed by atoms with E-state index < -0.39 is 0 Å². The Balaban J connectivity index is 2.15. The summed E-state index contributed by atoms with van der Waals surface area (Å²) in [6, 6.07) is 6.10. The van der Waals surface area contributed by atoms with Crippen LogP contribution in [0.2, 0.25) is 5.02 Å². The summed E-state index contributed by atoms with van der Waals surface area (Å²) in [6.07, 6.45) is 3.50. The molecule has 0 saturated carbocycles. The number of hydrogen-bond donors (Lipinski definition) is 1. The molecule has 1 aliphatic heterocycles. The Hall–Kier alpha value is -1.26. The normalized spacial score (nSPS) is 20.9. The average Bonchev–Trinajstić information content (AvgIpc) is 2.76. The summed E-state index contributed by atoms with van der Waals surface area (Å²) in [5.41, 5.74) is 1.58. The molecule has 1 saturated heterocycles. The van der Waals surface area contributed by atoms with E-state index in [1.165, 1.54) is 6.42 Å². The zero-order valence-corrected chi connectivity index (χ0v) is 12.7. The Morgan fingerprint density at radius 2 is 2.15 bits per heavy atom. The number of hydrogen-bond acceptors (Lipinski definition) is 2. The first-order valence-electron chi connectivity index (χ1n) is 7.24. The second-order valence-electron chi connectivity index (χ2n) is 5.74. The second kappa shape index (κ2) is 5.26. The van der Waals surface area contributed by atoms with Crippen molar-refractivity contribution in [1.82, 2.24) is 14.5 Å². The number of benzene rings is 1. The van der Waals surface area contributed by atoms with Crippen molar-refractivity contribution in [1.29, 1.82) is 0 Å². The van der Waals surface area contributed by atoms with Crippen LogP contribution in [0.5, 0.6) is 0 Å². The van der Waals surface area contributed by atoms with Gasteiger partial charge in [-0.25, -0.2) is 4.79 Å². The van der Waals surface area contributed by atoms with Gasteiger partial charge in [-0.2, -0.15) is 0 Å². The zero-order chi connectivity index (χ0) is 14.3. The first-order valence-corrected chi connectivity index (χ1v) is 7.62. The van der Waals surface area contributed by atoms with Gasteiger partial charge in [-0.1, -0.05) is 17.7 Å². The van der Waals surface area contributed by atoms with Gasteiger partial charge in [0.2, 0.25) is 0 Å². The summed E-state index contributed by atoms with van der Waals surface area (Å²) in [6.45, 7) is 5.42. The number of likely N-dealkylation sites (tertiary alicyclic amines) is 1. The van der Waals surface area contributed by atoms with Crippen LogP contribution in [0.3, 0.4) is 0 Å². The number of fused-ring (bicyclic) bond motifs is 1. The molecule has 1 fully saturated rings. The lowest BCUT2D eigenvalue weighted by atomic mass is 10.1. The Bertz CT molecular complexity index is 673. The molecule has 1 aromatic heterocycles. The van der Waals surface area contributed by atoms with Crippen LogP contribution in [0.1, 0.15) is 39.3 Å². The highest BCUT2D eigenvalue weighted by atomic mass is 35.5. The molecule has 3 rings (SSSR count). The van der Waals surface area contributed by atoms with Crippen LogP contribution in [-0.2, 0) is 0 Å². The van der Waals surface area contributed by atoms with Crippen molar-refractivity contribution >= 4 is 22.6 Å². The molecule has 20 heavy (non-hydrogen) atoms. The maximum Gasteiger partial charge on any atom is 0.327 e. The highest BCUT2D eigenvalue weighted by Crippen LogP contribution is 2.30. The SMILES string of the molecule is CC(C)N1CCCCC1n1c(=O)[nH]c2c(Cl)cccc21. The van der Waals surface area contributed by atoms with Crippen molar-refractivity contribution in [3.63, 3.8) is 0 Å². The number of aromatic amines is 1. The number of rotatable bonds is 2. The Morgan fingerprint density at radius 1 is 1.35 bits per heavy atom. The van der Waals surface area contributed by atoms with E-state index in [0.29, 0.717) is 11.1 Å². The molecule has 2 heterocycles. The van der Waals surface area contributed by atoms with Crippen LogP contribution in [0.15, 0.2) is 23.0 Å². The van der Waals surface area contributed by atoms with E-state index in [1.807, 2.05) is 22.8 Å². The number of aromatic nitrogens is 2. The fraction of sp³-hybridized carbons (Fsp3) is 0.533. The predicted molar refractivity (Wildman–Crippen MR) is 82.3 cm³/mol. The van der Waals surface area contributed by atoms with Crippen molar-refractivity contribution in [2.45, 2.75) is 45.3 Å². The molecule has 0 bridgehead atoms. The molecule has 4 nitrogen and oxygen atoms in total. The molecular weight excluding hydrogens is 274 g/mol. The number of piperidine rings is 1. The van der Waals surface area contributed by atoms with Crippen LogP contribution in [0.4, 0.5) is 0 Å². The average molecular weight is 294 g/mol. The maximum absolute atomic E-state index is 12.4. The largest absolute Gasteiger partial charge is 0.327 e. The first kappa shape index (κ1) is 13.7. The summed E-state index contributed by atoms with van der Waals surface area (Å²) in [7, 11) is 0. The Kier molecular flexibility index (Phi) is 3.61. The van der Waals surface area contributed by atoms with Gasteiger partial charge in [-0.15, -0.1) is 0 Å². The van der Waals surface area contributed by atoms with Crippen LogP contribution in [0.25, 0.3) is 11.0 Å². The van der Waals surface area contributed by atoms with Crippen molar-refractivity contribution in [3.8, 4) is 0 Å². The molecule has 0 amide bonds. The van der Waals surface area contributed by atoms with E-state index in [4.69, 9.17) is 11.6 Å². The number of halogens is 1. The molecule has 0 aliphatic carbocycles. The van der Waals surface area contributed by atoms with Crippen molar-refractivity contribution < 1.29 is 0 Å². The van der Waals surface area contributed by atoms with Gasteiger partial charge < -0.3 is 4.98 Å². The van der Waals surface area contributed by atoms with Crippen LogP contribution >= 0.6 is 11.6 Å². The summed E-state index contributed by atoms with van der Waals surface area (Å²) < 4.78 is 1.88. The molecular formula is C15H20ClN3O.